The zero-order chi connectivity index (χ0) is 11.1. The topological polar surface area (TPSA) is 44.5 Å². The largest absolute Gasteiger partial charge is 0.497 e. The first-order chi connectivity index (χ1) is 7.02. The van der Waals surface area contributed by atoms with E-state index in [0.29, 0.717) is 0 Å². The van der Waals surface area contributed by atoms with Gasteiger partial charge < -0.3 is 15.2 Å². The standard InChI is InChI=1S/C12H17NO2/c1-12(2)7-10(13)9-6-8(14-3)4-5-11(9)15-12/h4-6,10H,7,13H2,1-3H3. The smallest absolute Gasteiger partial charge is 0.125 e. The van der Waals surface area contributed by atoms with Crippen LogP contribution in [0.5, 0.6) is 11.5 Å². The maximum atomic E-state index is 6.11. The SMILES string of the molecule is COc1ccc2c(c1)C(N)CC(C)(C)O2. The van der Waals surface area contributed by atoms with E-state index in [1.54, 1.807) is 7.11 Å². The van der Waals surface area contributed by atoms with Crippen molar-refractivity contribution in [3.63, 3.8) is 0 Å². The van der Waals surface area contributed by atoms with E-state index in [4.69, 9.17) is 15.2 Å². The molecule has 1 aliphatic heterocycles. The molecular formula is C12H17NO2. The first kappa shape index (κ1) is 10.3. The molecule has 1 aromatic carbocycles. The van der Waals surface area contributed by atoms with Gasteiger partial charge in [0, 0.05) is 18.0 Å². The van der Waals surface area contributed by atoms with Gasteiger partial charge in [0.15, 0.2) is 0 Å². The first-order valence-corrected chi connectivity index (χ1v) is 5.14. The molecule has 3 heteroatoms. The van der Waals surface area contributed by atoms with E-state index in [1.165, 1.54) is 0 Å². The number of benzene rings is 1. The van der Waals surface area contributed by atoms with Crippen LogP contribution < -0.4 is 15.2 Å². The zero-order valence-electron chi connectivity index (χ0n) is 9.41. The molecule has 0 bridgehead atoms. The molecule has 2 rings (SSSR count). The fourth-order valence-corrected chi connectivity index (χ4v) is 2.02. The van der Waals surface area contributed by atoms with E-state index in [2.05, 4.69) is 13.8 Å². The zero-order valence-corrected chi connectivity index (χ0v) is 9.41. The predicted molar refractivity (Wildman–Crippen MR) is 59.2 cm³/mol. The lowest BCUT2D eigenvalue weighted by Gasteiger charge is -2.36. The molecule has 0 radical (unpaired) electrons. The van der Waals surface area contributed by atoms with Crippen molar-refractivity contribution < 1.29 is 9.47 Å². The molecule has 0 spiro atoms. The van der Waals surface area contributed by atoms with Gasteiger partial charge in [-0.05, 0) is 32.0 Å². The van der Waals surface area contributed by atoms with Gasteiger partial charge in [-0.3, -0.25) is 0 Å². The minimum absolute atomic E-state index is 0.0267. The summed E-state index contributed by atoms with van der Waals surface area (Å²) < 4.78 is 11.0. The van der Waals surface area contributed by atoms with Crippen LogP contribution in [0.25, 0.3) is 0 Å². The van der Waals surface area contributed by atoms with Crippen LogP contribution in [-0.2, 0) is 0 Å². The highest BCUT2D eigenvalue weighted by Crippen LogP contribution is 2.39. The number of fused-ring (bicyclic) bond motifs is 1. The fourth-order valence-electron chi connectivity index (χ4n) is 2.02. The highest BCUT2D eigenvalue weighted by molar-refractivity contribution is 5.44. The van der Waals surface area contributed by atoms with Gasteiger partial charge in [0.2, 0.25) is 0 Å². The van der Waals surface area contributed by atoms with Gasteiger partial charge >= 0.3 is 0 Å². The number of hydrogen-bond acceptors (Lipinski definition) is 3. The molecule has 1 aliphatic rings. The van der Waals surface area contributed by atoms with E-state index in [-0.39, 0.29) is 11.6 Å². The quantitative estimate of drug-likeness (QED) is 0.768. The van der Waals surface area contributed by atoms with Crippen LogP contribution in [0.2, 0.25) is 0 Å². The Bertz CT molecular complexity index is 374. The molecule has 82 valence electrons. The molecule has 0 aromatic heterocycles. The maximum Gasteiger partial charge on any atom is 0.125 e. The normalized spacial score (nSPS) is 22.8. The molecule has 1 atom stereocenters. The molecule has 0 aliphatic carbocycles. The Labute approximate surface area is 90.2 Å². The minimum atomic E-state index is -0.180. The number of ether oxygens (including phenoxy) is 2. The van der Waals surface area contributed by atoms with Crippen LogP contribution >= 0.6 is 0 Å². The summed E-state index contributed by atoms with van der Waals surface area (Å²) >= 11 is 0. The van der Waals surface area contributed by atoms with Gasteiger partial charge in [-0.15, -0.1) is 0 Å². The van der Waals surface area contributed by atoms with Crippen molar-refractivity contribution in [1.29, 1.82) is 0 Å². The van der Waals surface area contributed by atoms with Crippen LogP contribution in [0, 0.1) is 0 Å². The van der Waals surface area contributed by atoms with Crippen LogP contribution in [-0.4, -0.2) is 12.7 Å². The Morgan fingerprint density at radius 1 is 1.47 bits per heavy atom. The Morgan fingerprint density at radius 2 is 2.20 bits per heavy atom. The van der Waals surface area contributed by atoms with E-state index >= 15 is 0 Å². The van der Waals surface area contributed by atoms with Crippen LogP contribution in [0.4, 0.5) is 0 Å². The molecular weight excluding hydrogens is 190 g/mol. The fraction of sp³-hybridized carbons (Fsp3) is 0.500. The third kappa shape index (κ3) is 1.92. The van der Waals surface area contributed by atoms with Crippen molar-refractivity contribution in [3.8, 4) is 11.5 Å². The number of hydrogen-bond donors (Lipinski definition) is 1. The molecule has 0 saturated heterocycles. The van der Waals surface area contributed by atoms with Crippen molar-refractivity contribution in [2.24, 2.45) is 5.73 Å². The van der Waals surface area contributed by atoms with Gasteiger partial charge in [0.05, 0.1) is 7.11 Å². The average molecular weight is 207 g/mol. The van der Waals surface area contributed by atoms with Crippen molar-refractivity contribution in [1.82, 2.24) is 0 Å². The third-order valence-corrected chi connectivity index (χ3v) is 2.71. The van der Waals surface area contributed by atoms with E-state index in [9.17, 15) is 0 Å². The van der Waals surface area contributed by atoms with E-state index in [0.717, 1.165) is 23.5 Å². The summed E-state index contributed by atoms with van der Waals surface area (Å²) in [7, 11) is 1.65. The molecule has 2 N–H and O–H groups in total. The van der Waals surface area contributed by atoms with Gasteiger partial charge in [-0.1, -0.05) is 0 Å². The molecule has 15 heavy (non-hydrogen) atoms. The lowest BCUT2D eigenvalue weighted by Crippen LogP contribution is -2.37. The number of nitrogens with two attached hydrogens (primary N) is 1. The summed E-state index contributed by atoms with van der Waals surface area (Å²) in [6.45, 7) is 4.11. The molecule has 0 fully saturated rings. The van der Waals surface area contributed by atoms with Crippen molar-refractivity contribution >= 4 is 0 Å². The number of rotatable bonds is 1. The predicted octanol–water partition coefficient (Wildman–Crippen LogP) is 2.26. The Kier molecular flexibility index (Phi) is 2.35. The Hall–Kier alpha value is -1.22. The third-order valence-electron chi connectivity index (χ3n) is 2.71. The highest BCUT2D eigenvalue weighted by atomic mass is 16.5. The molecule has 1 unspecified atom stereocenters. The number of methoxy groups -OCH3 is 1. The van der Waals surface area contributed by atoms with Gasteiger partial charge in [-0.25, -0.2) is 0 Å². The van der Waals surface area contributed by atoms with Crippen LogP contribution in [0.1, 0.15) is 31.9 Å². The van der Waals surface area contributed by atoms with Crippen LogP contribution in [0.15, 0.2) is 18.2 Å². The van der Waals surface area contributed by atoms with Crippen molar-refractivity contribution in [3.05, 3.63) is 23.8 Å². The molecule has 1 aromatic rings. The van der Waals surface area contributed by atoms with E-state index in [1.807, 2.05) is 18.2 Å². The summed E-state index contributed by atoms with van der Waals surface area (Å²) in [4.78, 5) is 0. The summed E-state index contributed by atoms with van der Waals surface area (Å²) in [6, 6.07) is 5.80. The molecule has 3 nitrogen and oxygen atoms in total. The summed E-state index contributed by atoms with van der Waals surface area (Å²) in [5.74, 6) is 1.70. The second-order valence-electron chi connectivity index (χ2n) is 4.58. The van der Waals surface area contributed by atoms with Crippen molar-refractivity contribution in [2.45, 2.75) is 31.9 Å². The summed E-state index contributed by atoms with van der Waals surface area (Å²) in [5, 5.41) is 0. The van der Waals surface area contributed by atoms with Crippen molar-refractivity contribution in [2.75, 3.05) is 7.11 Å². The van der Waals surface area contributed by atoms with Gasteiger partial charge in [-0.2, -0.15) is 0 Å². The minimum Gasteiger partial charge on any atom is -0.497 e. The second kappa shape index (κ2) is 3.42. The lowest BCUT2D eigenvalue weighted by molar-refractivity contribution is 0.0727. The first-order valence-electron chi connectivity index (χ1n) is 5.14. The Balaban J connectivity index is 2.41. The maximum absolute atomic E-state index is 6.11. The summed E-state index contributed by atoms with van der Waals surface area (Å²) in [6.07, 6.45) is 0.827. The summed E-state index contributed by atoms with van der Waals surface area (Å²) in [5.41, 5.74) is 6.97. The average Bonchev–Trinajstić information content (AvgIpc) is 2.15. The molecule has 1 heterocycles. The Morgan fingerprint density at radius 3 is 2.87 bits per heavy atom. The molecule has 0 saturated carbocycles. The van der Waals surface area contributed by atoms with Gasteiger partial charge in [0.25, 0.3) is 0 Å². The highest BCUT2D eigenvalue weighted by Gasteiger charge is 2.31. The van der Waals surface area contributed by atoms with Crippen LogP contribution in [0.3, 0.4) is 0 Å². The van der Waals surface area contributed by atoms with Gasteiger partial charge in [0.1, 0.15) is 17.1 Å². The second-order valence-corrected chi connectivity index (χ2v) is 4.58. The van der Waals surface area contributed by atoms with E-state index < -0.39 is 0 Å². The lowest BCUT2D eigenvalue weighted by atomic mass is 9.90. The molecule has 0 amide bonds. The monoisotopic (exact) mass is 207 g/mol.